The number of rotatable bonds is 5. The Kier molecular flexibility index (Phi) is 5.76. The lowest BCUT2D eigenvalue weighted by molar-refractivity contribution is -0.229. The van der Waals surface area contributed by atoms with E-state index in [9.17, 15) is 22.8 Å². The van der Waals surface area contributed by atoms with E-state index in [0.717, 1.165) is 10.2 Å². The Morgan fingerprint density at radius 3 is 2.53 bits per heavy atom. The number of fused-ring (bicyclic) bond motifs is 2. The molecule has 2 amide bonds. The summed E-state index contributed by atoms with van der Waals surface area (Å²) in [5, 5.41) is 8.37. The second-order valence-corrected chi connectivity index (χ2v) is 10.5. The van der Waals surface area contributed by atoms with E-state index in [2.05, 4.69) is 20.6 Å². The number of amides is 2. The average molecular weight is 541 g/mol. The number of imide groups is 1. The SMILES string of the molecule is CNCC1(C(F)(F)F)CCN(c2nc(C3=C(c4c[nH]c5sccc45)C(=O)NC3=O)c3ccccc3n2)CC1. The molecule has 8 nitrogen and oxygen atoms in total. The predicted octanol–water partition coefficient (Wildman–Crippen LogP) is 4.11. The van der Waals surface area contributed by atoms with Crippen LogP contribution in [-0.4, -0.2) is 59.6 Å². The van der Waals surface area contributed by atoms with Crippen LogP contribution in [0.1, 0.15) is 24.1 Å². The van der Waals surface area contributed by atoms with Gasteiger partial charge in [0.15, 0.2) is 0 Å². The number of nitrogens with zero attached hydrogens (tertiary/aromatic N) is 3. The van der Waals surface area contributed by atoms with E-state index < -0.39 is 23.4 Å². The van der Waals surface area contributed by atoms with E-state index >= 15 is 0 Å². The molecule has 0 radical (unpaired) electrons. The van der Waals surface area contributed by atoms with E-state index in [-0.39, 0.29) is 55.3 Å². The summed E-state index contributed by atoms with van der Waals surface area (Å²) >= 11 is 1.48. The number of H-pyrrole nitrogens is 1. The monoisotopic (exact) mass is 540 g/mol. The third-order valence-corrected chi connectivity index (χ3v) is 8.30. The number of benzene rings is 1. The predicted molar refractivity (Wildman–Crippen MR) is 140 cm³/mol. The summed E-state index contributed by atoms with van der Waals surface area (Å²) in [5.41, 5.74) is -0.104. The van der Waals surface area contributed by atoms with Crippen molar-refractivity contribution in [2.24, 2.45) is 5.41 Å². The van der Waals surface area contributed by atoms with Crippen LogP contribution < -0.4 is 15.5 Å². The minimum Gasteiger partial charge on any atom is -0.352 e. The maximum absolute atomic E-state index is 14.0. The molecule has 1 fully saturated rings. The number of alkyl halides is 3. The normalized spacial score (nSPS) is 18.2. The lowest BCUT2D eigenvalue weighted by Crippen LogP contribution is -2.52. The average Bonchev–Trinajstić information content (AvgIpc) is 3.58. The maximum Gasteiger partial charge on any atom is 0.395 e. The van der Waals surface area contributed by atoms with Gasteiger partial charge in [0, 0.05) is 42.2 Å². The molecule has 2 aliphatic heterocycles. The highest BCUT2D eigenvalue weighted by molar-refractivity contribution is 7.16. The van der Waals surface area contributed by atoms with E-state index in [1.54, 1.807) is 35.4 Å². The highest BCUT2D eigenvalue weighted by Crippen LogP contribution is 2.46. The number of carbonyl (C=O) groups excluding carboxylic acids is 2. The smallest absolute Gasteiger partial charge is 0.352 e. The van der Waals surface area contributed by atoms with Crippen LogP contribution in [0.15, 0.2) is 41.9 Å². The van der Waals surface area contributed by atoms with Gasteiger partial charge in [0.2, 0.25) is 5.95 Å². The van der Waals surface area contributed by atoms with Crippen molar-refractivity contribution in [2.45, 2.75) is 19.0 Å². The zero-order valence-electron chi connectivity index (χ0n) is 20.3. The molecule has 0 aliphatic carbocycles. The quantitative estimate of drug-likeness (QED) is 0.330. The van der Waals surface area contributed by atoms with Gasteiger partial charge in [-0.15, -0.1) is 11.3 Å². The van der Waals surface area contributed by atoms with Gasteiger partial charge >= 0.3 is 6.18 Å². The lowest BCUT2D eigenvalue weighted by Gasteiger charge is -2.42. The number of aromatic amines is 1. The van der Waals surface area contributed by atoms with Crippen molar-refractivity contribution in [2.75, 3.05) is 31.6 Å². The first-order valence-corrected chi connectivity index (χ1v) is 13.0. The van der Waals surface area contributed by atoms with Crippen LogP contribution in [0, 0.1) is 5.41 Å². The van der Waals surface area contributed by atoms with Gasteiger partial charge in [-0.05, 0) is 37.4 Å². The van der Waals surface area contributed by atoms with E-state index in [1.165, 1.54) is 18.4 Å². The molecule has 2 aliphatic rings. The van der Waals surface area contributed by atoms with Crippen molar-refractivity contribution in [1.29, 1.82) is 0 Å². The van der Waals surface area contributed by atoms with Crippen molar-refractivity contribution in [3.63, 3.8) is 0 Å². The number of para-hydroxylation sites is 1. The summed E-state index contributed by atoms with van der Waals surface area (Å²) in [6, 6.07) is 8.98. The number of aromatic nitrogens is 3. The van der Waals surface area contributed by atoms with Gasteiger partial charge in [0.1, 0.15) is 4.83 Å². The molecule has 0 atom stereocenters. The summed E-state index contributed by atoms with van der Waals surface area (Å²) < 4.78 is 41.9. The number of hydrogen-bond donors (Lipinski definition) is 3. The number of nitrogens with one attached hydrogen (secondary N) is 3. The van der Waals surface area contributed by atoms with Crippen LogP contribution in [0.3, 0.4) is 0 Å². The fourth-order valence-corrected chi connectivity index (χ4v) is 6.20. The van der Waals surface area contributed by atoms with Gasteiger partial charge in [-0.2, -0.15) is 13.2 Å². The van der Waals surface area contributed by atoms with Crippen molar-refractivity contribution >= 4 is 61.4 Å². The fourth-order valence-electron chi connectivity index (χ4n) is 5.42. The second-order valence-electron chi connectivity index (χ2n) is 9.58. The second kappa shape index (κ2) is 8.91. The standard InChI is InChI=1S/C26H23F3N6O2S/c1-30-13-25(26(27,28)29)7-9-35(10-8-25)24-32-17-5-3-2-4-15(17)20(33-24)19-18(21(36)34-22(19)37)16-12-31-23-14(16)6-11-38-23/h2-6,11-12,30-31H,7-10,13H2,1H3,(H,34,36,37). The topological polar surface area (TPSA) is 103 Å². The minimum atomic E-state index is -4.34. The van der Waals surface area contributed by atoms with Crippen LogP contribution >= 0.6 is 11.3 Å². The molecule has 3 N–H and O–H groups in total. The van der Waals surface area contributed by atoms with Gasteiger partial charge in [0.25, 0.3) is 11.8 Å². The van der Waals surface area contributed by atoms with Crippen LogP contribution in [-0.2, 0) is 9.59 Å². The minimum absolute atomic E-state index is 0.101. The number of halogens is 3. The van der Waals surface area contributed by atoms with Gasteiger partial charge in [-0.25, -0.2) is 9.97 Å². The third-order valence-electron chi connectivity index (χ3n) is 7.45. The van der Waals surface area contributed by atoms with Crippen molar-refractivity contribution < 1.29 is 22.8 Å². The van der Waals surface area contributed by atoms with Crippen LogP contribution in [0.2, 0.25) is 0 Å². The molecule has 1 saturated heterocycles. The molecule has 3 aromatic heterocycles. The van der Waals surface area contributed by atoms with Crippen molar-refractivity contribution in [3.8, 4) is 0 Å². The molecule has 196 valence electrons. The molecule has 1 aromatic carbocycles. The Morgan fingerprint density at radius 1 is 1.05 bits per heavy atom. The number of thiophene rings is 1. The summed E-state index contributed by atoms with van der Waals surface area (Å²) in [4.78, 5) is 41.3. The van der Waals surface area contributed by atoms with Crippen LogP contribution in [0.25, 0.3) is 32.3 Å². The zero-order chi connectivity index (χ0) is 26.7. The number of anilines is 1. The first-order chi connectivity index (χ1) is 18.2. The Morgan fingerprint density at radius 2 is 1.79 bits per heavy atom. The molecule has 5 heterocycles. The summed E-state index contributed by atoms with van der Waals surface area (Å²) in [7, 11) is 1.52. The summed E-state index contributed by atoms with van der Waals surface area (Å²) in [6.45, 7) is 0.0348. The van der Waals surface area contributed by atoms with Gasteiger partial charge in [0.05, 0.1) is 27.8 Å². The highest BCUT2D eigenvalue weighted by Gasteiger charge is 2.55. The molecule has 4 aromatic rings. The Hall–Kier alpha value is -3.77. The zero-order valence-corrected chi connectivity index (χ0v) is 21.1. The lowest BCUT2D eigenvalue weighted by atomic mass is 9.77. The van der Waals surface area contributed by atoms with Gasteiger partial charge < -0.3 is 15.2 Å². The number of carbonyl (C=O) groups is 2. The molecular weight excluding hydrogens is 517 g/mol. The van der Waals surface area contributed by atoms with E-state index in [4.69, 9.17) is 4.98 Å². The van der Waals surface area contributed by atoms with Crippen LogP contribution in [0.4, 0.5) is 19.1 Å². The Bertz CT molecular complexity index is 1610. The van der Waals surface area contributed by atoms with E-state index in [0.29, 0.717) is 16.5 Å². The first kappa shape index (κ1) is 24.6. The highest BCUT2D eigenvalue weighted by atomic mass is 32.1. The number of hydrogen-bond acceptors (Lipinski definition) is 7. The molecule has 38 heavy (non-hydrogen) atoms. The Labute approximate surface area is 218 Å². The molecule has 0 spiro atoms. The van der Waals surface area contributed by atoms with Crippen molar-refractivity contribution in [3.05, 3.63) is 53.2 Å². The largest absolute Gasteiger partial charge is 0.395 e. The van der Waals surface area contributed by atoms with Crippen LogP contribution in [0.5, 0.6) is 0 Å². The number of piperidine rings is 1. The summed E-state index contributed by atoms with van der Waals surface area (Å²) in [6.07, 6.45) is -2.88. The fraction of sp³-hybridized carbons (Fsp3) is 0.308. The van der Waals surface area contributed by atoms with Gasteiger partial charge in [-0.1, -0.05) is 18.2 Å². The Balaban J connectivity index is 1.48. The van der Waals surface area contributed by atoms with Gasteiger partial charge in [-0.3, -0.25) is 14.9 Å². The van der Waals surface area contributed by atoms with Crippen molar-refractivity contribution in [1.82, 2.24) is 25.6 Å². The molecular formula is C26H23F3N6O2S. The maximum atomic E-state index is 14.0. The summed E-state index contributed by atoms with van der Waals surface area (Å²) in [5.74, 6) is -0.873. The molecule has 12 heteroatoms. The molecule has 0 bridgehead atoms. The third kappa shape index (κ3) is 3.78. The molecule has 0 unspecified atom stereocenters. The van der Waals surface area contributed by atoms with E-state index in [1.807, 2.05) is 11.4 Å². The molecule has 6 rings (SSSR count). The molecule has 0 saturated carbocycles. The first-order valence-electron chi connectivity index (χ1n) is 12.1.